The lowest BCUT2D eigenvalue weighted by Crippen LogP contribution is -2.67. The number of ether oxygens (including phenoxy) is 3. The van der Waals surface area contributed by atoms with Gasteiger partial charge < -0.3 is 14.9 Å². The van der Waals surface area contributed by atoms with Crippen molar-refractivity contribution in [2.45, 2.75) is 69.9 Å². The van der Waals surface area contributed by atoms with E-state index in [4.69, 9.17) is 19.3 Å². The van der Waals surface area contributed by atoms with Crippen LogP contribution in [-0.2, 0) is 33.0 Å². The van der Waals surface area contributed by atoms with E-state index < -0.39 is 28.4 Å². The van der Waals surface area contributed by atoms with Crippen LogP contribution in [0.3, 0.4) is 0 Å². The van der Waals surface area contributed by atoms with Gasteiger partial charge in [0.1, 0.15) is 0 Å². The van der Waals surface area contributed by atoms with Crippen LogP contribution >= 0.6 is 0 Å². The third-order valence-electron chi connectivity index (χ3n) is 3.86. The Bertz CT molecular complexity index is 488. The van der Waals surface area contributed by atoms with Gasteiger partial charge in [0.25, 0.3) is 5.79 Å². The Morgan fingerprint density at radius 3 is 2.42 bits per heavy atom. The van der Waals surface area contributed by atoms with E-state index in [9.17, 15) is 13.5 Å². The summed E-state index contributed by atoms with van der Waals surface area (Å²) in [4.78, 5) is 0. The predicted octanol–water partition coefficient (Wildman–Crippen LogP) is 0.753. The van der Waals surface area contributed by atoms with Crippen molar-refractivity contribution in [3.63, 3.8) is 0 Å². The molecule has 0 saturated carbocycles. The molecule has 142 valence electrons. The molecule has 24 heavy (non-hydrogen) atoms. The van der Waals surface area contributed by atoms with E-state index in [1.165, 1.54) is 0 Å². The van der Waals surface area contributed by atoms with Crippen molar-refractivity contribution < 1.29 is 41.2 Å². The van der Waals surface area contributed by atoms with E-state index in [0.717, 1.165) is 32.1 Å². The fraction of sp³-hybridized carbons (Fsp3) is 1.00. The summed E-state index contributed by atoms with van der Waals surface area (Å²) in [5, 5.41) is 19.2. The number of hydrogen-bond acceptors (Lipinski definition) is 9. The molecule has 1 atom stereocenters. The van der Waals surface area contributed by atoms with Gasteiger partial charge in [0.2, 0.25) is 0 Å². The normalized spacial score (nSPS) is 34.5. The zero-order valence-electron chi connectivity index (χ0n) is 13.8. The summed E-state index contributed by atoms with van der Waals surface area (Å²) in [6, 6.07) is 0. The third kappa shape index (κ3) is 4.64. The summed E-state index contributed by atoms with van der Waals surface area (Å²) >= 11 is 0. The summed E-state index contributed by atoms with van der Waals surface area (Å²) in [7, 11) is -4.40. The van der Waals surface area contributed by atoms with Gasteiger partial charge >= 0.3 is 16.4 Å². The second kappa shape index (κ2) is 8.37. The monoisotopic (exact) mass is 370 g/mol. The van der Waals surface area contributed by atoms with E-state index in [-0.39, 0.29) is 26.2 Å². The summed E-state index contributed by atoms with van der Waals surface area (Å²) in [5.74, 6) is -4.40. The second-order valence-corrected chi connectivity index (χ2v) is 7.05. The largest absolute Gasteiger partial charge is 0.407 e. The molecule has 0 aromatic carbocycles. The molecule has 2 fully saturated rings. The fourth-order valence-corrected chi connectivity index (χ4v) is 3.70. The average Bonchev–Trinajstić information content (AvgIpc) is 2.69. The molecule has 0 bridgehead atoms. The van der Waals surface area contributed by atoms with Gasteiger partial charge in [-0.1, -0.05) is 39.0 Å². The van der Waals surface area contributed by atoms with Crippen LogP contribution in [0.5, 0.6) is 0 Å². The van der Waals surface area contributed by atoms with E-state index in [0.29, 0.717) is 6.42 Å². The van der Waals surface area contributed by atoms with Crippen molar-refractivity contribution in [1.29, 1.82) is 0 Å². The van der Waals surface area contributed by atoms with Gasteiger partial charge in [-0.25, -0.2) is 4.18 Å². The smallest absolute Gasteiger partial charge is 0.394 e. The number of rotatable bonds is 11. The van der Waals surface area contributed by atoms with Gasteiger partial charge in [-0.05, 0) is 6.42 Å². The molecule has 9 nitrogen and oxygen atoms in total. The maximum absolute atomic E-state index is 11.6. The Balaban J connectivity index is 1.85. The quantitative estimate of drug-likeness (QED) is 0.507. The van der Waals surface area contributed by atoms with Crippen molar-refractivity contribution >= 4 is 10.4 Å². The third-order valence-corrected chi connectivity index (χ3v) is 4.77. The molecule has 10 heteroatoms. The van der Waals surface area contributed by atoms with Gasteiger partial charge in [0, 0.05) is 6.42 Å². The molecule has 2 aliphatic heterocycles. The molecule has 0 aromatic heterocycles. The minimum absolute atomic E-state index is 0.00255. The zero-order valence-corrected chi connectivity index (χ0v) is 14.6. The van der Waals surface area contributed by atoms with Gasteiger partial charge in [-0.2, -0.15) is 12.6 Å². The first-order valence-corrected chi connectivity index (χ1v) is 9.62. The molecule has 1 spiro atoms. The van der Waals surface area contributed by atoms with Crippen molar-refractivity contribution in [3.05, 3.63) is 0 Å². The number of aliphatic hydroxyl groups excluding tert-OH is 1. The van der Waals surface area contributed by atoms with E-state index in [2.05, 4.69) is 15.3 Å². The zero-order chi connectivity index (χ0) is 17.7. The van der Waals surface area contributed by atoms with Crippen LogP contribution in [0.2, 0.25) is 0 Å². The Labute approximate surface area is 142 Å². The standard InChI is InChI=1S/C14H26O9S/c1-2-3-4-5-6-7-8-13(16)14(23-24(17,18)22-13)20-12(21-14)11-19-10-9-15/h12,15-16H,2-11H2,1H3. The lowest BCUT2D eigenvalue weighted by atomic mass is 10.0. The summed E-state index contributed by atoms with van der Waals surface area (Å²) in [6.45, 7) is 2.02. The molecule has 2 aliphatic rings. The van der Waals surface area contributed by atoms with Gasteiger partial charge in [0.15, 0.2) is 6.29 Å². The highest BCUT2D eigenvalue weighted by Crippen LogP contribution is 2.50. The summed E-state index contributed by atoms with van der Waals surface area (Å²) < 4.78 is 48.0. The first-order valence-electron chi connectivity index (χ1n) is 8.29. The molecule has 2 saturated heterocycles. The van der Waals surface area contributed by atoms with E-state index >= 15 is 0 Å². The van der Waals surface area contributed by atoms with E-state index in [1.54, 1.807) is 0 Å². The molecular weight excluding hydrogens is 344 g/mol. The van der Waals surface area contributed by atoms with Crippen molar-refractivity contribution in [1.82, 2.24) is 0 Å². The fourth-order valence-electron chi connectivity index (χ4n) is 2.67. The Morgan fingerprint density at radius 2 is 1.75 bits per heavy atom. The molecule has 2 rings (SSSR count). The van der Waals surface area contributed by atoms with Crippen LogP contribution in [0.15, 0.2) is 0 Å². The highest BCUT2D eigenvalue weighted by atomic mass is 32.3. The van der Waals surface area contributed by atoms with Gasteiger partial charge in [-0.3, -0.25) is 9.47 Å². The van der Waals surface area contributed by atoms with Crippen LogP contribution in [-0.4, -0.2) is 56.5 Å². The minimum Gasteiger partial charge on any atom is -0.394 e. The number of hydrogen-bond donors (Lipinski definition) is 2. The van der Waals surface area contributed by atoms with Crippen LogP contribution in [0.4, 0.5) is 0 Å². The summed E-state index contributed by atoms with van der Waals surface area (Å²) in [6.07, 6.45) is 4.82. The van der Waals surface area contributed by atoms with Crippen LogP contribution in [0, 0.1) is 0 Å². The molecule has 2 N–H and O–H groups in total. The number of aliphatic hydroxyl groups is 2. The predicted molar refractivity (Wildman–Crippen MR) is 80.6 cm³/mol. The van der Waals surface area contributed by atoms with Gasteiger partial charge in [-0.15, -0.1) is 0 Å². The Morgan fingerprint density at radius 1 is 1.08 bits per heavy atom. The van der Waals surface area contributed by atoms with E-state index in [1.807, 2.05) is 0 Å². The average molecular weight is 370 g/mol. The molecule has 1 unspecified atom stereocenters. The highest BCUT2D eigenvalue weighted by Gasteiger charge is 2.73. The van der Waals surface area contributed by atoms with Crippen molar-refractivity contribution in [2.24, 2.45) is 0 Å². The lowest BCUT2D eigenvalue weighted by Gasteiger charge is -2.46. The van der Waals surface area contributed by atoms with Crippen molar-refractivity contribution in [2.75, 3.05) is 19.8 Å². The SMILES string of the molecule is CCCCCCCCC1(O)OS(=O)(=O)OC12OC(COCCO)O2. The molecular formula is C14H26O9S. The van der Waals surface area contributed by atoms with Crippen LogP contribution in [0.1, 0.15) is 51.9 Å². The van der Waals surface area contributed by atoms with Gasteiger partial charge in [0.05, 0.1) is 19.8 Å². The first kappa shape index (κ1) is 20.0. The molecule has 0 aliphatic carbocycles. The topological polar surface area (TPSA) is 121 Å². The van der Waals surface area contributed by atoms with Crippen molar-refractivity contribution in [3.8, 4) is 0 Å². The molecule has 0 amide bonds. The summed E-state index contributed by atoms with van der Waals surface area (Å²) in [5.41, 5.74) is 0. The Hall–Kier alpha value is -0.330. The lowest BCUT2D eigenvalue weighted by molar-refractivity contribution is -0.569. The Kier molecular flexibility index (Phi) is 6.97. The minimum atomic E-state index is -4.40. The molecule has 0 radical (unpaired) electrons. The maximum atomic E-state index is 11.6. The number of unbranched alkanes of at least 4 members (excludes halogenated alkanes) is 5. The van der Waals surface area contributed by atoms with Crippen LogP contribution < -0.4 is 0 Å². The maximum Gasteiger partial charge on any atom is 0.407 e. The van der Waals surface area contributed by atoms with Crippen LogP contribution in [0.25, 0.3) is 0 Å². The second-order valence-electron chi connectivity index (χ2n) is 5.90. The highest BCUT2D eigenvalue weighted by molar-refractivity contribution is 7.82. The molecule has 0 aromatic rings. The molecule has 2 heterocycles. The first-order chi connectivity index (χ1) is 11.4.